The number of carbonyl (C=O) groups excluding carboxylic acids is 1. The minimum absolute atomic E-state index is 0.0134. The van der Waals surface area contributed by atoms with Gasteiger partial charge in [-0.05, 0) is 80.7 Å². The lowest BCUT2D eigenvalue weighted by Crippen LogP contribution is -2.38. The van der Waals surface area contributed by atoms with Gasteiger partial charge in [-0.15, -0.1) is 0 Å². The molecule has 192 valence electrons. The monoisotopic (exact) mass is 525 g/mol. The Kier molecular flexibility index (Phi) is 7.76. The molecule has 0 bridgehead atoms. The summed E-state index contributed by atoms with van der Waals surface area (Å²) in [7, 11) is 3.88. The number of nitrogens with one attached hydrogen (secondary N) is 1. The van der Waals surface area contributed by atoms with Crippen LogP contribution in [0.5, 0.6) is 0 Å². The van der Waals surface area contributed by atoms with E-state index < -0.39 is 11.7 Å². The summed E-state index contributed by atoms with van der Waals surface area (Å²) in [5.41, 5.74) is 2.29. The van der Waals surface area contributed by atoms with E-state index in [0.717, 1.165) is 11.6 Å². The number of halogens is 4. The first kappa shape index (κ1) is 26.5. The van der Waals surface area contributed by atoms with Crippen LogP contribution in [0.1, 0.15) is 22.8 Å². The zero-order valence-electron chi connectivity index (χ0n) is 20.7. The molecule has 0 saturated heterocycles. The molecule has 1 heterocycles. The van der Waals surface area contributed by atoms with Crippen molar-refractivity contribution in [1.82, 2.24) is 14.8 Å². The lowest BCUT2D eigenvalue weighted by molar-refractivity contribution is -0.137. The molecule has 4 nitrogen and oxygen atoms in total. The van der Waals surface area contributed by atoms with E-state index in [1.165, 1.54) is 12.1 Å². The third-order valence-corrected chi connectivity index (χ3v) is 6.61. The third-order valence-electron chi connectivity index (χ3n) is 6.35. The Hall–Kier alpha value is -3.55. The van der Waals surface area contributed by atoms with Crippen molar-refractivity contribution in [2.75, 3.05) is 20.6 Å². The van der Waals surface area contributed by atoms with Crippen LogP contribution < -0.4 is 5.32 Å². The van der Waals surface area contributed by atoms with Crippen LogP contribution in [0.2, 0.25) is 5.02 Å². The highest BCUT2D eigenvalue weighted by atomic mass is 35.5. The molecule has 0 aliphatic rings. The van der Waals surface area contributed by atoms with E-state index in [1.54, 1.807) is 71.3 Å². The molecule has 1 atom stereocenters. The summed E-state index contributed by atoms with van der Waals surface area (Å²) < 4.78 is 43.6. The standard InChI is InChI=1S/C29H27ClF3N3O/c1-19(35(2)3)18-34-28(37)22-10-8-20(9-11-22)25-16-17-26(21-12-14-23(30)15-13-21)36(25)27-7-5-4-6-24(27)29(31,32)33/h4-17,19H,18H2,1-3H3,(H,34,37)/t19-/m0/s1. The smallest absolute Gasteiger partial charge is 0.350 e. The quantitative estimate of drug-likeness (QED) is 0.278. The average Bonchev–Trinajstić information content (AvgIpc) is 3.32. The molecule has 0 aliphatic carbocycles. The molecule has 8 heteroatoms. The lowest BCUT2D eigenvalue weighted by Gasteiger charge is -2.20. The van der Waals surface area contributed by atoms with Crippen LogP contribution in [-0.2, 0) is 6.18 Å². The normalized spacial score (nSPS) is 12.5. The number of nitrogens with zero attached hydrogens (tertiary/aromatic N) is 2. The molecule has 0 saturated carbocycles. The Labute approximate surface area is 219 Å². The number of hydrogen-bond donors (Lipinski definition) is 1. The molecule has 0 fully saturated rings. The SMILES string of the molecule is C[C@@H](CNC(=O)c1ccc(-c2ccc(-c3ccc(Cl)cc3)n2-c2ccccc2C(F)(F)F)cc1)N(C)C. The molecule has 0 aliphatic heterocycles. The Bertz CT molecular complexity index is 1380. The van der Waals surface area contributed by atoms with Gasteiger partial charge < -0.3 is 14.8 Å². The van der Waals surface area contributed by atoms with Crippen molar-refractivity contribution in [3.05, 3.63) is 101 Å². The molecular weight excluding hydrogens is 499 g/mol. The first-order chi connectivity index (χ1) is 17.6. The van der Waals surface area contributed by atoms with Crippen molar-refractivity contribution in [2.45, 2.75) is 19.1 Å². The van der Waals surface area contributed by atoms with Crippen LogP contribution in [0.15, 0.2) is 84.9 Å². The minimum Gasteiger partial charge on any atom is -0.350 e. The fourth-order valence-electron chi connectivity index (χ4n) is 3.99. The van der Waals surface area contributed by atoms with Crippen LogP contribution in [0.4, 0.5) is 13.2 Å². The number of aromatic nitrogens is 1. The van der Waals surface area contributed by atoms with Crippen molar-refractivity contribution < 1.29 is 18.0 Å². The molecule has 0 unspecified atom stereocenters. The van der Waals surface area contributed by atoms with Gasteiger partial charge in [0.05, 0.1) is 22.6 Å². The fourth-order valence-corrected chi connectivity index (χ4v) is 4.12. The largest absolute Gasteiger partial charge is 0.418 e. The van der Waals surface area contributed by atoms with Crippen LogP contribution in [0.25, 0.3) is 28.2 Å². The van der Waals surface area contributed by atoms with Gasteiger partial charge in [0.15, 0.2) is 0 Å². The number of hydrogen-bond acceptors (Lipinski definition) is 2. The van der Waals surface area contributed by atoms with Crippen molar-refractivity contribution in [2.24, 2.45) is 0 Å². The van der Waals surface area contributed by atoms with Crippen molar-refractivity contribution >= 4 is 17.5 Å². The van der Waals surface area contributed by atoms with Crippen molar-refractivity contribution in [3.8, 4) is 28.2 Å². The Morgan fingerprint density at radius 2 is 1.43 bits per heavy atom. The third kappa shape index (κ3) is 5.89. The lowest BCUT2D eigenvalue weighted by atomic mass is 10.1. The van der Waals surface area contributed by atoms with E-state index in [2.05, 4.69) is 5.32 Å². The van der Waals surface area contributed by atoms with E-state index >= 15 is 0 Å². The fraction of sp³-hybridized carbons (Fsp3) is 0.207. The molecular formula is C29H27ClF3N3O. The Balaban J connectivity index is 1.77. The summed E-state index contributed by atoms with van der Waals surface area (Å²) in [5.74, 6) is -0.208. The van der Waals surface area contributed by atoms with Gasteiger partial charge >= 0.3 is 6.18 Å². The maximum Gasteiger partial charge on any atom is 0.418 e. The van der Waals surface area contributed by atoms with E-state index in [-0.39, 0.29) is 17.6 Å². The van der Waals surface area contributed by atoms with Crippen molar-refractivity contribution in [3.63, 3.8) is 0 Å². The molecule has 0 spiro atoms. The number of likely N-dealkylation sites (N-methyl/N-ethyl adjacent to an activating group) is 1. The van der Waals surface area contributed by atoms with Gasteiger partial charge in [0.25, 0.3) is 5.91 Å². The summed E-state index contributed by atoms with van der Waals surface area (Å²) in [5, 5.41) is 3.44. The second kappa shape index (κ2) is 10.8. The first-order valence-corrected chi connectivity index (χ1v) is 12.1. The van der Waals surface area contributed by atoms with Crippen LogP contribution in [-0.4, -0.2) is 42.1 Å². The molecule has 0 radical (unpaired) electrons. The van der Waals surface area contributed by atoms with E-state index in [1.807, 2.05) is 25.9 Å². The van der Waals surface area contributed by atoms with Gasteiger partial charge in [0.2, 0.25) is 0 Å². The number of para-hydroxylation sites is 1. The van der Waals surface area contributed by atoms with E-state index in [4.69, 9.17) is 11.6 Å². The van der Waals surface area contributed by atoms with Gasteiger partial charge in [0, 0.05) is 23.2 Å². The van der Waals surface area contributed by atoms with Crippen molar-refractivity contribution in [1.29, 1.82) is 0 Å². The molecule has 4 aromatic rings. The molecule has 1 aromatic heterocycles. The highest BCUT2D eigenvalue weighted by Gasteiger charge is 2.34. The number of benzene rings is 3. The summed E-state index contributed by atoms with van der Waals surface area (Å²) in [4.78, 5) is 14.6. The van der Waals surface area contributed by atoms with Gasteiger partial charge in [-0.2, -0.15) is 13.2 Å². The summed E-state index contributed by atoms with van der Waals surface area (Å²) in [6.07, 6.45) is -4.54. The zero-order chi connectivity index (χ0) is 26.7. The maximum atomic E-state index is 14.0. The number of carbonyl (C=O) groups is 1. The van der Waals surface area contributed by atoms with E-state index in [0.29, 0.717) is 34.1 Å². The predicted molar refractivity (Wildman–Crippen MR) is 142 cm³/mol. The topological polar surface area (TPSA) is 37.3 Å². The highest BCUT2D eigenvalue weighted by molar-refractivity contribution is 6.30. The predicted octanol–water partition coefficient (Wildman–Crippen LogP) is 7.16. The summed E-state index contributed by atoms with van der Waals surface area (Å²) in [6, 6.07) is 23.0. The van der Waals surface area contributed by atoms with Gasteiger partial charge in [0.1, 0.15) is 0 Å². The van der Waals surface area contributed by atoms with Gasteiger partial charge in [-0.3, -0.25) is 4.79 Å². The zero-order valence-corrected chi connectivity index (χ0v) is 21.4. The second-order valence-electron chi connectivity index (χ2n) is 9.06. The highest BCUT2D eigenvalue weighted by Crippen LogP contribution is 2.39. The van der Waals surface area contributed by atoms with Crippen LogP contribution in [0, 0.1) is 0 Å². The first-order valence-electron chi connectivity index (χ1n) is 11.8. The molecule has 1 amide bonds. The molecule has 37 heavy (non-hydrogen) atoms. The average molecular weight is 526 g/mol. The molecule has 1 N–H and O–H groups in total. The van der Waals surface area contributed by atoms with E-state index in [9.17, 15) is 18.0 Å². The van der Waals surface area contributed by atoms with Crippen LogP contribution in [0.3, 0.4) is 0 Å². The minimum atomic E-state index is -4.54. The van der Waals surface area contributed by atoms with Gasteiger partial charge in [-0.25, -0.2) is 0 Å². The molecule has 4 rings (SSSR count). The van der Waals surface area contributed by atoms with Gasteiger partial charge in [-0.1, -0.05) is 48.0 Å². The molecule has 3 aromatic carbocycles. The summed E-state index contributed by atoms with van der Waals surface area (Å²) >= 11 is 6.05. The number of alkyl halides is 3. The summed E-state index contributed by atoms with van der Waals surface area (Å²) in [6.45, 7) is 2.50. The maximum absolute atomic E-state index is 14.0. The van der Waals surface area contributed by atoms with Crippen LogP contribution >= 0.6 is 11.6 Å². The second-order valence-corrected chi connectivity index (χ2v) is 9.50. The Morgan fingerprint density at radius 3 is 1.97 bits per heavy atom. The number of rotatable bonds is 7. The number of amides is 1. The Morgan fingerprint density at radius 1 is 0.892 bits per heavy atom.